The molecule has 0 aliphatic heterocycles. The molecule has 0 atom stereocenters. The van der Waals surface area contributed by atoms with Crippen LogP contribution in [-0.4, -0.2) is 50.3 Å². The monoisotopic (exact) mass is 425 g/mol. The largest absolute Gasteiger partial charge is 0.465 e. The van der Waals surface area contributed by atoms with Gasteiger partial charge in [-0.2, -0.15) is 9.49 Å². The maximum Gasteiger partial charge on any atom is 0.407 e. The summed E-state index contributed by atoms with van der Waals surface area (Å²) >= 11 is 0. The summed E-state index contributed by atoms with van der Waals surface area (Å²) in [5.41, 5.74) is -0.897. The Morgan fingerprint density at radius 2 is 2.03 bits per heavy atom. The van der Waals surface area contributed by atoms with Crippen molar-refractivity contribution in [3.05, 3.63) is 53.7 Å². The predicted octanol–water partition coefficient (Wildman–Crippen LogP) is 2.22. The van der Waals surface area contributed by atoms with Gasteiger partial charge in [0.2, 0.25) is 5.95 Å². The number of pyridine rings is 1. The van der Waals surface area contributed by atoms with E-state index in [0.29, 0.717) is 9.67 Å². The maximum absolute atomic E-state index is 15.2. The minimum absolute atomic E-state index is 0.196. The maximum atomic E-state index is 15.2. The predicted molar refractivity (Wildman–Crippen MR) is 97.6 cm³/mol. The van der Waals surface area contributed by atoms with Crippen molar-refractivity contribution in [3.8, 4) is 11.3 Å². The summed E-state index contributed by atoms with van der Waals surface area (Å²) in [5, 5.41) is 12.9. The van der Waals surface area contributed by atoms with Gasteiger partial charge in [0, 0.05) is 32.1 Å². The summed E-state index contributed by atoms with van der Waals surface area (Å²) in [6, 6.07) is 2.52. The smallest absolute Gasteiger partial charge is 0.407 e. The van der Waals surface area contributed by atoms with Crippen LogP contribution in [0.3, 0.4) is 0 Å². The molecule has 3 heterocycles. The lowest BCUT2D eigenvalue weighted by molar-refractivity contribution is 0.153. The van der Waals surface area contributed by atoms with Gasteiger partial charge in [0.25, 0.3) is 10.0 Å². The molecule has 0 spiro atoms. The van der Waals surface area contributed by atoms with Gasteiger partial charge in [-0.3, -0.25) is 4.68 Å². The zero-order valence-electron chi connectivity index (χ0n) is 15.7. The summed E-state index contributed by atoms with van der Waals surface area (Å²) < 4.78 is 57.9. The fourth-order valence-electron chi connectivity index (χ4n) is 2.77. The second-order valence-electron chi connectivity index (χ2n) is 6.32. The average Bonchev–Trinajstić information content (AvgIpc) is 3.16. The second kappa shape index (κ2) is 7.28. The third kappa shape index (κ3) is 3.46. The number of halogens is 2. The first-order valence-corrected chi connectivity index (χ1v) is 9.68. The molecule has 0 aliphatic rings. The number of nitrogens with zero attached hydrogens (tertiary/aromatic N) is 5. The van der Waals surface area contributed by atoms with E-state index in [4.69, 9.17) is 5.11 Å². The van der Waals surface area contributed by atoms with Crippen LogP contribution in [0.1, 0.15) is 11.3 Å². The first-order valence-electron chi connectivity index (χ1n) is 8.24. The van der Waals surface area contributed by atoms with Crippen molar-refractivity contribution in [2.75, 3.05) is 7.05 Å². The molecule has 1 N–H and O–H groups in total. The van der Waals surface area contributed by atoms with Crippen molar-refractivity contribution in [2.45, 2.75) is 18.4 Å². The van der Waals surface area contributed by atoms with Gasteiger partial charge in [-0.05, 0) is 19.1 Å². The highest BCUT2D eigenvalue weighted by Gasteiger charge is 2.31. The van der Waals surface area contributed by atoms with Crippen molar-refractivity contribution >= 4 is 16.1 Å². The molecule has 29 heavy (non-hydrogen) atoms. The summed E-state index contributed by atoms with van der Waals surface area (Å²) in [6.45, 7) is 1.08. The summed E-state index contributed by atoms with van der Waals surface area (Å²) in [5.74, 6) is -2.13. The van der Waals surface area contributed by atoms with Gasteiger partial charge >= 0.3 is 6.09 Å². The first-order chi connectivity index (χ1) is 13.6. The van der Waals surface area contributed by atoms with Crippen molar-refractivity contribution < 1.29 is 27.1 Å². The second-order valence-corrected chi connectivity index (χ2v) is 8.10. The minimum atomic E-state index is -4.37. The molecule has 154 valence electrons. The fourth-order valence-corrected chi connectivity index (χ4v) is 4.35. The zero-order valence-corrected chi connectivity index (χ0v) is 16.5. The van der Waals surface area contributed by atoms with Gasteiger partial charge in [-0.25, -0.2) is 26.6 Å². The van der Waals surface area contributed by atoms with Crippen LogP contribution in [0.15, 0.2) is 35.6 Å². The van der Waals surface area contributed by atoms with E-state index in [1.165, 1.54) is 30.8 Å². The Kier molecular flexibility index (Phi) is 5.13. The highest BCUT2D eigenvalue weighted by molar-refractivity contribution is 7.90. The molecular weight excluding hydrogens is 408 g/mol. The molecule has 0 bridgehead atoms. The Hall–Kier alpha value is -3.28. The lowest BCUT2D eigenvalue weighted by Gasteiger charge is -2.11. The van der Waals surface area contributed by atoms with E-state index < -0.39 is 40.1 Å². The van der Waals surface area contributed by atoms with E-state index in [9.17, 15) is 17.6 Å². The van der Waals surface area contributed by atoms with Gasteiger partial charge in [-0.1, -0.05) is 0 Å². The Bertz CT molecular complexity index is 1200. The number of carboxylic acid groups (broad SMARTS) is 1. The van der Waals surface area contributed by atoms with Crippen molar-refractivity contribution in [1.29, 1.82) is 0 Å². The molecule has 12 heteroatoms. The third-order valence-corrected chi connectivity index (χ3v) is 6.22. The van der Waals surface area contributed by atoms with Crippen LogP contribution in [0.2, 0.25) is 0 Å². The Labute approximate surface area is 164 Å². The average molecular weight is 425 g/mol. The number of carbonyl (C=O) groups is 1. The molecule has 3 rings (SSSR count). The molecule has 0 saturated carbocycles. The van der Waals surface area contributed by atoms with E-state index in [2.05, 4.69) is 10.1 Å². The van der Waals surface area contributed by atoms with Gasteiger partial charge in [-0.15, -0.1) is 0 Å². The number of rotatable bonds is 5. The zero-order chi connectivity index (χ0) is 21.5. The molecule has 3 aromatic heterocycles. The van der Waals surface area contributed by atoms with Crippen molar-refractivity contribution in [1.82, 2.24) is 23.6 Å². The standard InChI is InChI=1S/C17H17F2N5O4S/c1-10-13(7-21-23(10)3)29(27,28)24-9-11(8-22(2)17(25)26)14(18)15(24)12-5-4-6-20-16(12)19/h4-7,9H,8H2,1-3H3,(H,25,26). The van der Waals surface area contributed by atoms with Gasteiger partial charge in [0.15, 0.2) is 5.82 Å². The molecule has 0 aromatic carbocycles. The summed E-state index contributed by atoms with van der Waals surface area (Å²) in [6.07, 6.45) is 1.85. The normalized spacial score (nSPS) is 11.6. The Morgan fingerprint density at radius 3 is 2.59 bits per heavy atom. The van der Waals surface area contributed by atoms with E-state index in [1.807, 2.05) is 0 Å². The minimum Gasteiger partial charge on any atom is -0.465 e. The molecule has 1 amide bonds. The van der Waals surface area contributed by atoms with E-state index >= 15 is 4.39 Å². The van der Waals surface area contributed by atoms with Crippen molar-refractivity contribution in [3.63, 3.8) is 0 Å². The topological polar surface area (TPSA) is 110 Å². The lowest BCUT2D eigenvalue weighted by atomic mass is 10.2. The molecule has 3 aromatic rings. The first kappa shape index (κ1) is 20.5. The molecule has 9 nitrogen and oxygen atoms in total. The van der Waals surface area contributed by atoms with Crippen molar-refractivity contribution in [2.24, 2.45) is 7.05 Å². The number of aromatic nitrogens is 4. The van der Waals surface area contributed by atoms with E-state index in [1.54, 1.807) is 7.05 Å². The van der Waals surface area contributed by atoms with Crippen LogP contribution < -0.4 is 0 Å². The number of hydrogen-bond acceptors (Lipinski definition) is 5. The molecule has 0 aliphatic carbocycles. The molecular formula is C17H17F2N5O4S. The molecule has 0 radical (unpaired) electrons. The quantitative estimate of drug-likeness (QED) is 0.628. The van der Waals surface area contributed by atoms with Crippen LogP contribution in [0, 0.1) is 18.7 Å². The van der Waals surface area contributed by atoms with Gasteiger partial charge in [0.1, 0.15) is 10.6 Å². The van der Waals surface area contributed by atoms with Gasteiger partial charge in [0.05, 0.1) is 24.0 Å². The third-order valence-electron chi connectivity index (χ3n) is 4.46. The molecule has 0 unspecified atom stereocenters. The summed E-state index contributed by atoms with van der Waals surface area (Å²) in [4.78, 5) is 15.1. The number of aryl methyl sites for hydroxylation is 1. The highest BCUT2D eigenvalue weighted by Crippen LogP contribution is 2.32. The molecule has 0 saturated heterocycles. The number of hydrogen-bond donors (Lipinski definition) is 1. The molecule has 0 fully saturated rings. The lowest BCUT2D eigenvalue weighted by Crippen LogP contribution is -2.24. The fraction of sp³-hybridized carbons (Fsp3) is 0.235. The summed E-state index contributed by atoms with van der Waals surface area (Å²) in [7, 11) is -1.63. The van der Waals surface area contributed by atoms with Crippen LogP contribution >= 0.6 is 0 Å². The van der Waals surface area contributed by atoms with Gasteiger partial charge < -0.3 is 10.0 Å². The van der Waals surface area contributed by atoms with Crippen LogP contribution in [0.5, 0.6) is 0 Å². The van der Waals surface area contributed by atoms with Crippen LogP contribution in [0.4, 0.5) is 13.6 Å². The number of amides is 1. The SMILES string of the molecule is Cc1c(S(=O)(=O)n2cc(CN(C)C(=O)O)c(F)c2-c2cccnc2F)cnn1C. The van der Waals surface area contributed by atoms with E-state index in [-0.39, 0.29) is 16.0 Å². The van der Waals surface area contributed by atoms with Crippen LogP contribution in [0.25, 0.3) is 11.3 Å². The van der Waals surface area contributed by atoms with Crippen LogP contribution in [-0.2, 0) is 23.6 Å². The Morgan fingerprint density at radius 1 is 1.34 bits per heavy atom. The van der Waals surface area contributed by atoms with E-state index in [0.717, 1.165) is 23.5 Å². The Balaban J connectivity index is 2.29. The highest BCUT2D eigenvalue weighted by atomic mass is 32.2.